The number of carbonyl (C=O) groups is 1. The van der Waals surface area contributed by atoms with Crippen molar-refractivity contribution in [1.29, 1.82) is 0 Å². The number of nitrogens with zero attached hydrogens (tertiary/aromatic N) is 1. The van der Waals surface area contributed by atoms with Crippen molar-refractivity contribution in [2.24, 2.45) is 0 Å². The standard InChI is InChI=1S/C16H16Cl2N2O/c1-20(11-12-5-3-2-4-6-12)16(21)10-19-15-9-13(17)7-8-14(15)18/h2-9,19H,10-11H2,1H3. The highest BCUT2D eigenvalue weighted by Gasteiger charge is 2.10. The molecule has 2 aromatic rings. The van der Waals surface area contributed by atoms with Crippen LogP contribution in [0.15, 0.2) is 48.5 Å². The molecule has 3 nitrogen and oxygen atoms in total. The van der Waals surface area contributed by atoms with E-state index in [4.69, 9.17) is 23.2 Å². The van der Waals surface area contributed by atoms with Gasteiger partial charge in [0.2, 0.25) is 5.91 Å². The minimum atomic E-state index is -0.0186. The Kier molecular flexibility index (Phi) is 5.48. The van der Waals surface area contributed by atoms with Crippen LogP contribution in [0.5, 0.6) is 0 Å². The molecule has 1 N–H and O–H groups in total. The topological polar surface area (TPSA) is 32.3 Å². The van der Waals surface area contributed by atoms with E-state index in [1.165, 1.54) is 0 Å². The van der Waals surface area contributed by atoms with Crippen molar-refractivity contribution < 1.29 is 4.79 Å². The van der Waals surface area contributed by atoms with Crippen LogP contribution in [0.1, 0.15) is 5.56 Å². The second-order valence-corrected chi connectivity index (χ2v) is 5.56. The van der Waals surface area contributed by atoms with Crippen molar-refractivity contribution in [2.45, 2.75) is 6.54 Å². The SMILES string of the molecule is CN(Cc1ccccc1)C(=O)CNc1cc(Cl)ccc1Cl. The van der Waals surface area contributed by atoms with E-state index in [9.17, 15) is 4.79 Å². The van der Waals surface area contributed by atoms with E-state index < -0.39 is 0 Å². The number of rotatable bonds is 5. The molecule has 0 atom stereocenters. The molecule has 1 amide bonds. The zero-order valence-electron chi connectivity index (χ0n) is 11.6. The molecular weight excluding hydrogens is 307 g/mol. The molecule has 0 saturated heterocycles. The summed E-state index contributed by atoms with van der Waals surface area (Å²) in [4.78, 5) is 13.8. The maximum atomic E-state index is 12.1. The van der Waals surface area contributed by atoms with Gasteiger partial charge in [-0.15, -0.1) is 0 Å². The van der Waals surface area contributed by atoms with Gasteiger partial charge in [-0.25, -0.2) is 0 Å². The third kappa shape index (κ3) is 4.66. The average molecular weight is 323 g/mol. The summed E-state index contributed by atoms with van der Waals surface area (Å²) in [5.41, 5.74) is 1.75. The molecule has 0 bridgehead atoms. The van der Waals surface area contributed by atoms with E-state index in [1.807, 2.05) is 30.3 Å². The van der Waals surface area contributed by atoms with E-state index in [2.05, 4.69) is 5.32 Å². The summed E-state index contributed by atoms with van der Waals surface area (Å²) in [7, 11) is 1.77. The lowest BCUT2D eigenvalue weighted by atomic mass is 10.2. The summed E-state index contributed by atoms with van der Waals surface area (Å²) < 4.78 is 0. The summed E-state index contributed by atoms with van der Waals surface area (Å²) in [5, 5.41) is 4.13. The fourth-order valence-corrected chi connectivity index (χ4v) is 2.24. The number of amides is 1. The van der Waals surface area contributed by atoms with Crippen LogP contribution in [0.25, 0.3) is 0 Å². The molecule has 0 aliphatic carbocycles. The highest BCUT2D eigenvalue weighted by atomic mass is 35.5. The molecule has 21 heavy (non-hydrogen) atoms. The van der Waals surface area contributed by atoms with Crippen molar-refractivity contribution in [3.63, 3.8) is 0 Å². The Bertz CT molecular complexity index is 617. The molecule has 0 heterocycles. The van der Waals surface area contributed by atoms with Gasteiger partial charge in [-0.3, -0.25) is 4.79 Å². The summed E-state index contributed by atoms with van der Waals surface area (Å²) in [5.74, 6) is -0.0186. The first kappa shape index (κ1) is 15.7. The van der Waals surface area contributed by atoms with Gasteiger partial charge in [-0.05, 0) is 23.8 Å². The van der Waals surface area contributed by atoms with E-state index in [0.29, 0.717) is 22.3 Å². The quantitative estimate of drug-likeness (QED) is 0.900. The van der Waals surface area contributed by atoms with E-state index in [0.717, 1.165) is 5.56 Å². The van der Waals surface area contributed by atoms with Gasteiger partial charge in [0.1, 0.15) is 0 Å². The molecule has 0 radical (unpaired) electrons. The minimum absolute atomic E-state index is 0.0186. The summed E-state index contributed by atoms with van der Waals surface area (Å²) in [6, 6.07) is 15.0. The predicted octanol–water partition coefficient (Wildman–Crippen LogP) is 4.06. The Morgan fingerprint density at radius 3 is 2.57 bits per heavy atom. The Labute approximate surface area is 134 Å². The predicted molar refractivity (Wildman–Crippen MR) is 87.9 cm³/mol. The van der Waals surface area contributed by atoms with Gasteiger partial charge < -0.3 is 10.2 Å². The Morgan fingerprint density at radius 2 is 1.86 bits per heavy atom. The van der Waals surface area contributed by atoms with Crippen molar-refractivity contribution in [2.75, 3.05) is 18.9 Å². The van der Waals surface area contributed by atoms with E-state index >= 15 is 0 Å². The lowest BCUT2D eigenvalue weighted by Gasteiger charge is -2.18. The van der Waals surface area contributed by atoms with Crippen LogP contribution in [0.3, 0.4) is 0 Å². The lowest BCUT2D eigenvalue weighted by Crippen LogP contribution is -2.31. The van der Waals surface area contributed by atoms with Gasteiger partial charge in [0.05, 0.1) is 17.3 Å². The molecule has 0 aromatic heterocycles. The maximum Gasteiger partial charge on any atom is 0.241 e. The normalized spacial score (nSPS) is 10.2. The Morgan fingerprint density at radius 1 is 1.14 bits per heavy atom. The molecule has 0 saturated carbocycles. The molecule has 0 unspecified atom stereocenters. The van der Waals surface area contributed by atoms with Crippen molar-refractivity contribution in [3.05, 3.63) is 64.1 Å². The van der Waals surface area contributed by atoms with Crippen LogP contribution in [0, 0.1) is 0 Å². The average Bonchev–Trinajstić information content (AvgIpc) is 2.49. The van der Waals surface area contributed by atoms with Gasteiger partial charge in [-0.2, -0.15) is 0 Å². The molecule has 0 aliphatic heterocycles. The first-order chi connectivity index (χ1) is 10.1. The number of halogens is 2. The van der Waals surface area contributed by atoms with E-state index in [1.54, 1.807) is 30.1 Å². The third-order valence-corrected chi connectivity index (χ3v) is 3.61. The van der Waals surface area contributed by atoms with Crippen molar-refractivity contribution in [1.82, 2.24) is 4.90 Å². The molecule has 0 aliphatic rings. The number of anilines is 1. The number of nitrogens with one attached hydrogen (secondary N) is 1. The number of likely N-dealkylation sites (N-methyl/N-ethyl adjacent to an activating group) is 1. The maximum absolute atomic E-state index is 12.1. The lowest BCUT2D eigenvalue weighted by molar-refractivity contribution is -0.128. The number of hydrogen-bond acceptors (Lipinski definition) is 2. The van der Waals surface area contributed by atoms with E-state index in [-0.39, 0.29) is 12.5 Å². The fraction of sp³-hybridized carbons (Fsp3) is 0.188. The van der Waals surface area contributed by atoms with Crippen LogP contribution in [0.4, 0.5) is 5.69 Å². The minimum Gasteiger partial charge on any atom is -0.375 e. The Hall–Kier alpha value is -1.71. The Balaban J connectivity index is 1.91. The highest BCUT2D eigenvalue weighted by molar-refractivity contribution is 6.35. The van der Waals surface area contributed by atoms with Crippen molar-refractivity contribution >= 4 is 34.8 Å². The number of carbonyl (C=O) groups excluding carboxylic acids is 1. The summed E-state index contributed by atoms with van der Waals surface area (Å²) in [6.07, 6.45) is 0. The molecule has 2 aromatic carbocycles. The van der Waals surface area contributed by atoms with Gasteiger partial charge in [0.25, 0.3) is 0 Å². The molecule has 0 fully saturated rings. The van der Waals surface area contributed by atoms with Crippen LogP contribution in [-0.2, 0) is 11.3 Å². The highest BCUT2D eigenvalue weighted by Crippen LogP contribution is 2.25. The molecular formula is C16H16Cl2N2O. The van der Waals surface area contributed by atoms with Gasteiger partial charge >= 0.3 is 0 Å². The number of hydrogen-bond donors (Lipinski definition) is 1. The number of benzene rings is 2. The third-order valence-electron chi connectivity index (χ3n) is 3.05. The largest absolute Gasteiger partial charge is 0.375 e. The van der Waals surface area contributed by atoms with Gasteiger partial charge in [0, 0.05) is 18.6 Å². The zero-order valence-corrected chi connectivity index (χ0v) is 13.2. The molecule has 2 rings (SSSR count). The van der Waals surface area contributed by atoms with Gasteiger partial charge in [-0.1, -0.05) is 53.5 Å². The second-order valence-electron chi connectivity index (χ2n) is 4.71. The first-order valence-corrected chi connectivity index (χ1v) is 7.28. The van der Waals surface area contributed by atoms with Crippen LogP contribution >= 0.6 is 23.2 Å². The van der Waals surface area contributed by atoms with Crippen LogP contribution in [-0.4, -0.2) is 24.4 Å². The summed E-state index contributed by atoms with van der Waals surface area (Å²) in [6.45, 7) is 0.744. The zero-order chi connectivity index (χ0) is 15.2. The molecule has 5 heteroatoms. The first-order valence-electron chi connectivity index (χ1n) is 6.53. The smallest absolute Gasteiger partial charge is 0.241 e. The van der Waals surface area contributed by atoms with Gasteiger partial charge in [0.15, 0.2) is 0 Å². The fourth-order valence-electron chi connectivity index (χ4n) is 1.88. The molecule has 0 spiro atoms. The van der Waals surface area contributed by atoms with Crippen LogP contribution < -0.4 is 5.32 Å². The monoisotopic (exact) mass is 322 g/mol. The molecule has 110 valence electrons. The second kappa shape index (κ2) is 7.34. The van der Waals surface area contributed by atoms with Crippen LogP contribution in [0.2, 0.25) is 10.0 Å². The van der Waals surface area contributed by atoms with Crippen molar-refractivity contribution in [3.8, 4) is 0 Å². The summed E-state index contributed by atoms with van der Waals surface area (Å²) >= 11 is 12.0.